The summed E-state index contributed by atoms with van der Waals surface area (Å²) in [6.45, 7) is 6.31. The highest BCUT2D eigenvalue weighted by molar-refractivity contribution is 5.93. The lowest BCUT2D eigenvalue weighted by atomic mass is 9.96. The first-order valence-corrected chi connectivity index (χ1v) is 9.46. The number of piperidine rings is 1. The van der Waals surface area contributed by atoms with Gasteiger partial charge in [-0.3, -0.25) is 14.5 Å². The van der Waals surface area contributed by atoms with Crippen molar-refractivity contribution in [2.24, 2.45) is 5.92 Å². The van der Waals surface area contributed by atoms with Crippen molar-refractivity contribution in [3.05, 3.63) is 59.7 Å². The van der Waals surface area contributed by atoms with Crippen LogP contribution < -0.4 is 10.6 Å². The topological polar surface area (TPSA) is 61.4 Å². The normalized spacial score (nSPS) is 17.3. The van der Waals surface area contributed by atoms with Gasteiger partial charge in [0.2, 0.25) is 11.8 Å². The molecule has 1 atom stereocenters. The second-order valence-corrected chi connectivity index (χ2v) is 7.25. The molecule has 1 aliphatic rings. The van der Waals surface area contributed by atoms with Gasteiger partial charge in [-0.05, 0) is 61.7 Å². The molecule has 2 N–H and O–H groups in total. The predicted molar refractivity (Wildman–Crippen MR) is 109 cm³/mol. The van der Waals surface area contributed by atoms with Crippen molar-refractivity contribution in [3.8, 4) is 0 Å². The van der Waals surface area contributed by atoms with E-state index in [0.29, 0.717) is 0 Å². The number of carbonyl (C=O) groups excluding carboxylic acids is 2. The van der Waals surface area contributed by atoms with Crippen LogP contribution >= 0.6 is 0 Å². The summed E-state index contributed by atoms with van der Waals surface area (Å²) in [7, 11) is 0. The van der Waals surface area contributed by atoms with Crippen LogP contribution in [0.2, 0.25) is 0 Å². The summed E-state index contributed by atoms with van der Waals surface area (Å²) in [5, 5.41) is 5.73. The molecule has 0 bridgehead atoms. The molecule has 0 aliphatic carbocycles. The lowest BCUT2D eigenvalue weighted by Crippen LogP contribution is -2.40. The van der Waals surface area contributed by atoms with Crippen molar-refractivity contribution < 1.29 is 9.59 Å². The molecule has 2 aromatic carbocycles. The van der Waals surface area contributed by atoms with E-state index in [0.717, 1.165) is 43.9 Å². The minimum absolute atomic E-state index is 0.00205. The van der Waals surface area contributed by atoms with Crippen LogP contribution in [-0.4, -0.2) is 29.8 Å². The Hall–Kier alpha value is -2.66. The molecule has 1 heterocycles. The van der Waals surface area contributed by atoms with Crippen LogP contribution in [0.3, 0.4) is 0 Å². The van der Waals surface area contributed by atoms with Gasteiger partial charge in [-0.25, -0.2) is 0 Å². The van der Waals surface area contributed by atoms with Crippen LogP contribution in [-0.2, 0) is 16.1 Å². The van der Waals surface area contributed by atoms with Crippen molar-refractivity contribution in [2.75, 3.05) is 23.7 Å². The van der Waals surface area contributed by atoms with E-state index in [9.17, 15) is 9.59 Å². The zero-order valence-corrected chi connectivity index (χ0v) is 16.0. The van der Waals surface area contributed by atoms with Gasteiger partial charge in [0.15, 0.2) is 0 Å². The number of likely N-dealkylation sites (tertiary alicyclic amines) is 1. The third-order valence-corrected chi connectivity index (χ3v) is 5.00. The zero-order chi connectivity index (χ0) is 19.2. The van der Waals surface area contributed by atoms with E-state index in [2.05, 4.69) is 46.7 Å². The molecule has 142 valence electrons. The minimum Gasteiger partial charge on any atom is -0.326 e. The molecule has 0 saturated carbocycles. The lowest BCUT2D eigenvalue weighted by molar-refractivity contribution is -0.121. The second-order valence-electron chi connectivity index (χ2n) is 7.25. The van der Waals surface area contributed by atoms with E-state index in [1.807, 2.05) is 12.1 Å². The molecule has 2 aromatic rings. The highest BCUT2D eigenvalue weighted by Crippen LogP contribution is 2.22. The molecule has 0 aromatic heterocycles. The van der Waals surface area contributed by atoms with E-state index in [-0.39, 0.29) is 17.7 Å². The maximum atomic E-state index is 12.7. The maximum absolute atomic E-state index is 12.7. The van der Waals surface area contributed by atoms with Gasteiger partial charge in [0.05, 0.1) is 5.92 Å². The monoisotopic (exact) mass is 365 g/mol. The molecule has 5 heteroatoms. The van der Waals surface area contributed by atoms with Gasteiger partial charge in [-0.1, -0.05) is 24.3 Å². The molecule has 5 nitrogen and oxygen atoms in total. The number of hydrogen-bond donors (Lipinski definition) is 2. The molecule has 2 amide bonds. The first kappa shape index (κ1) is 19.1. The maximum Gasteiger partial charge on any atom is 0.228 e. The predicted octanol–water partition coefficient (Wildman–Crippen LogP) is 3.80. The average Bonchev–Trinajstić information content (AvgIpc) is 2.65. The Morgan fingerprint density at radius 3 is 2.37 bits per heavy atom. The van der Waals surface area contributed by atoms with E-state index in [1.54, 1.807) is 12.1 Å². The van der Waals surface area contributed by atoms with Crippen molar-refractivity contribution in [1.82, 2.24) is 4.90 Å². The van der Waals surface area contributed by atoms with Gasteiger partial charge in [0.25, 0.3) is 0 Å². The quantitative estimate of drug-likeness (QED) is 0.847. The Morgan fingerprint density at radius 1 is 1.04 bits per heavy atom. The zero-order valence-electron chi connectivity index (χ0n) is 16.0. The molecule has 3 rings (SSSR count). The number of carbonyl (C=O) groups is 2. The average molecular weight is 365 g/mol. The first-order valence-electron chi connectivity index (χ1n) is 9.46. The number of hydrogen-bond acceptors (Lipinski definition) is 3. The molecule has 1 unspecified atom stereocenters. The number of benzene rings is 2. The van der Waals surface area contributed by atoms with E-state index < -0.39 is 0 Å². The summed E-state index contributed by atoms with van der Waals surface area (Å²) < 4.78 is 0. The summed E-state index contributed by atoms with van der Waals surface area (Å²) >= 11 is 0. The largest absolute Gasteiger partial charge is 0.326 e. The fourth-order valence-corrected chi connectivity index (χ4v) is 3.53. The minimum atomic E-state index is -0.109. The standard InChI is InChI=1S/C22H27N3O2/c1-16-6-3-4-7-18(16)14-25-13-5-8-19(15-25)22(27)24-21-11-9-20(10-12-21)23-17(2)26/h3-4,6-7,9-12,19H,5,8,13-15H2,1-2H3,(H,23,26)(H,24,27). The molecular weight excluding hydrogens is 338 g/mol. The number of aryl methyl sites for hydroxylation is 1. The lowest BCUT2D eigenvalue weighted by Gasteiger charge is -2.32. The van der Waals surface area contributed by atoms with Gasteiger partial charge in [-0.15, -0.1) is 0 Å². The molecular formula is C22H27N3O2. The van der Waals surface area contributed by atoms with E-state index in [1.165, 1.54) is 18.1 Å². The SMILES string of the molecule is CC(=O)Nc1ccc(NC(=O)C2CCCN(Cc3ccccc3C)C2)cc1. The van der Waals surface area contributed by atoms with Crippen molar-refractivity contribution in [1.29, 1.82) is 0 Å². The van der Waals surface area contributed by atoms with Crippen molar-refractivity contribution >= 4 is 23.2 Å². The summed E-state index contributed by atoms with van der Waals surface area (Å²) in [6.07, 6.45) is 1.95. The molecule has 0 spiro atoms. The van der Waals surface area contributed by atoms with Crippen LogP contribution in [0, 0.1) is 12.8 Å². The van der Waals surface area contributed by atoms with Crippen LogP contribution in [0.1, 0.15) is 30.9 Å². The number of anilines is 2. The number of rotatable bonds is 5. The summed E-state index contributed by atoms with van der Waals surface area (Å²) in [4.78, 5) is 26.1. The summed E-state index contributed by atoms with van der Waals surface area (Å²) in [6, 6.07) is 15.6. The smallest absolute Gasteiger partial charge is 0.228 e. The van der Waals surface area contributed by atoms with Crippen LogP contribution in [0.15, 0.2) is 48.5 Å². The highest BCUT2D eigenvalue weighted by atomic mass is 16.2. The molecule has 1 fully saturated rings. The molecule has 0 radical (unpaired) electrons. The fraction of sp³-hybridized carbons (Fsp3) is 0.364. The Kier molecular flexibility index (Phi) is 6.24. The van der Waals surface area contributed by atoms with Gasteiger partial charge in [0.1, 0.15) is 0 Å². The Labute approximate surface area is 160 Å². The van der Waals surface area contributed by atoms with Crippen molar-refractivity contribution in [2.45, 2.75) is 33.2 Å². The molecule has 27 heavy (non-hydrogen) atoms. The third-order valence-electron chi connectivity index (χ3n) is 5.00. The van der Waals surface area contributed by atoms with Gasteiger partial charge >= 0.3 is 0 Å². The van der Waals surface area contributed by atoms with Crippen LogP contribution in [0.4, 0.5) is 11.4 Å². The van der Waals surface area contributed by atoms with Crippen LogP contribution in [0.5, 0.6) is 0 Å². The Balaban J connectivity index is 1.56. The second kappa shape index (κ2) is 8.82. The fourth-order valence-electron chi connectivity index (χ4n) is 3.53. The van der Waals surface area contributed by atoms with E-state index in [4.69, 9.17) is 0 Å². The Morgan fingerprint density at radius 2 is 1.70 bits per heavy atom. The number of amides is 2. The summed E-state index contributed by atoms with van der Waals surface area (Å²) in [5.41, 5.74) is 4.10. The van der Waals surface area contributed by atoms with Gasteiger partial charge < -0.3 is 10.6 Å². The van der Waals surface area contributed by atoms with Crippen LogP contribution in [0.25, 0.3) is 0 Å². The number of nitrogens with zero attached hydrogens (tertiary/aromatic N) is 1. The molecule has 1 saturated heterocycles. The third kappa shape index (κ3) is 5.41. The first-order chi connectivity index (χ1) is 13.0. The highest BCUT2D eigenvalue weighted by Gasteiger charge is 2.26. The Bertz CT molecular complexity index is 801. The van der Waals surface area contributed by atoms with E-state index >= 15 is 0 Å². The number of nitrogens with one attached hydrogen (secondary N) is 2. The summed E-state index contributed by atoms with van der Waals surface area (Å²) in [5.74, 6) is -0.0442. The van der Waals surface area contributed by atoms with Gasteiger partial charge in [-0.2, -0.15) is 0 Å². The van der Waals surface area contributed by atoms with Gasteiger partial charge in [0, 0.05) is 31.4 Å². The van der Waals surface area contributed by atoms with Crippen molar-refractivity contribution in [3.63, 3.8) is 0 Å². The molecule has 1 aliphatic heterocycles.